The van der Waals surface area contributed by atoms with Crippen LogP contribution in [0.3, 0.4) is 0 Å². The first-order chi connectivity index (χ1) is 17.9. The third-order valence-electron chi connectivity index (χ3n) is 7.08. The van der Waals surface area contributed by atoms with Crippen molar-refractivity contribution in [1.82, 2.24) is 19.6 Å². The molecule has 0 spiro atoms. The van der Waals surface area contributed by atoms with Gasteiger partial charge in [-0.3, -0.25) is 4.79 Å². The van der Waals surface area contributed by atoms with E-state index >= 15 is 0 Å². The Hall–Kier alpha value is -3.32. The molecule has 0 radical (unpaired) electrons. The van der Waals surface area contributed by atoms with E-state index in [2.05, 4.69) is 54.3 Å². The van der Waals surface area contributed by atoms with Gasteiger partial charge in [-0.15, -0.1) is 0 Å². The molecule has 1 aliphatic rings. The van der Waals surface area contributed by atoms with Gasteiger partial charge >= 0.3 is 0 Å². The van der Waals surface area contributed by atoms with E-state index < -0.39 is 0 Å². The average molecular weight is 504 g/mol. The van der Waals surface area contributed by atoms with Crippen molar-refractivity contribution in [2.45, 2.75) is 40.7 Å². The zero-order chi connectivity index (χ0) is 26.4. The molecule has 0 bridgehead atoms. The molecule has 37 heavy (non-hydrogen) atoms. The standard InChI is InChI=1S/C30H41N5O2/c1-6-32-16-18-33(19-17-32)30-28(24(4)31-35(30)26-10-8-7-9-11-26)22-34(21-23(2)3)29(36)20-25-12-14-27(37-5)15-13-25/h7-15,23H,6,16-22H2,1-5H3. The topological polar surface area (TPSA) is 53.8 Å². The molecule has 0 saturated carbocycles. The first-order valence-electron chi connectivity index (χ1n) is 13.4. The number of methoxy groups -OCH3 is 1. The largest absolute Gasteiger partial charge is 0.497 e. The number of carbonyl (C=O) groups is 1. The maximum atomic E-state index is 13.6. The number of carbonyl (C=O) groups excluding carboxylic acids is 1. The fraction of sp³-hybridized carbons (Fsp3) is 0.467. The summed E-state index contributed by atoms with van der Waals surface area (Å²) in [6.45, 7) is 14.9. The van der Waals surface area contributed by atoms with Crippen molar-refractivity contribution in [3.8, 4) is 11.4 Å². The van der Waals surface area contributed by atoms with Crippen LogP contribution in [0.2, 0.25) is 0 Å². The van der Waals surface area contributed by atoms with Crippen molar-refractivity contribution < 1.29 is 9.53 Å². The highest BCUT2D eigenvalue weighted by molar-refractivity contribution is 5.79. The summed E-state index contributed by atoms with van der Waals surface area (Å²) in [6, 6.07) is 18.1. The number of piperazine rings is 1. The minimum atomic E-state index is 0.132. The average Bonchev–Trinajstić information content (AvgIpc) is 3.24. The molecule has 1 aromatic heterocycles. The van der Waals surface area contributed by atoms with Crippen molar-refractivity contribution in [2.24, 2.45) is 5.92 Å². The molecule has 1 aliphatic heterocycles. The maximum absolute atomic E-state index is 13.6. The quantitative estimate of drug-likeness (QED) is 0.406. The molecule has 2 heterocycles. The molecule has 198 valence electrons. The highest BCUT2D eigenvalue weighted by Crippen LogP contribution is 2.30. The highest BCUT2D eigenvalue weighted by atomic mass is 16.5. The number of ether oxygens (including phenoxy) is 1. The smallest absolute Gasteiger partial charge is 0.227 e. The number of aromatic nitrogens is 2. The first kappa shape index (κ1) is 26.7. The van der Waals surface area contributed by atoms with Crippen LogP contribution in [0, 0.1) is 12.8 Å². The number of para-hydroxylation sites is 1. The molecule has 0 atom stereocenters. The Bertz CT molecular complexity index is 1150. The molecule has 7 heteroatoms. The summed E-state index contributed by atoms with van der Waals surface area (Å²) in [7, 11) is 1.65. The molecule has 1 saturated heterocycles. The van der Waals surface area contributed by atoms with Gasteiger partial charge < -0.3 is 19.4 Å². The number of anilines is 1. The summed E-state index contributed by atoms with van der Waals surface area (Å²) in [5.74, 6) is 2.41. The van der Waals surface area contributed by atoms with Crippen molar-refractivity contribution >= 4 is 11.7 Å². The van der Waals surface area contributed by atoms with E-state index in [4.69, 9.17) is 9.84 Å². The van der Waals surface area contributed by atoms with Gasteiger partial charge in [0.1, 0.15) is 11.6 Å². The van der Waals surface area contributed by atoms with Gasteiger partial charge in [0, 0.05) is 38.3 Å². The van der Waals surface area contributed by atoms with Crippen LogP contribution in [-0.2, 0) is 17.8 Å². The van der Waals surface area contributed by atoms with E-state index in [1.54, 1.807) is 7.11 Å². The lowest BCUT2D eigenvalue weighted by Crippen LogP contribution is -2.47. The van der Waals surface area contributed by atoms with E-state index in [0.29, 0.717) is 25.4 Å². The number of likely N-dealkylation sites (N-methyl/N-ethyl adjacent to an activating group) is 1. The van der Waals surface area contributed by atoms with E-state index in [-0.39, 0.29) is 5.91 Å². The van der Waals surface area contributed by atoms with Crippen LogP contribution in [0.4, 0.5) is 5.82 Å². The molecule has 7 nitrogen and oxygen atoms in total. The summed E-state index contributed by atoms with van der Waals surface area (Å²) < 4.78 is 7.35. The molecule has 3 aromatic rings. The fourth-order valence-electron chi connectivity index (χ4n) is 5.00. The van der Waals surface area contributed by atoms with Crippen LogP contribution >= 0.6 is 0 Å². The number of benzene rings is 2. The van der Waals surface area contributed by atoms with E-state index in [0.717, 1.165) is 66.8 Å². The number of amides is 1. The monoisotopic (exact) mass is 503 g/mol. The molecule has 1 fully saturated rings. The summed E-state index contributed by atoms with van der Waals surface area (Å²) >= 11 is 0. The van der Waals surface area contributed by atoms with Gasteiger partial charge in [0.2, 0.25) is 5.91 Å². The van der Waals surface area contributed by atoms with E-state index in [9.17, 15) is 4.79 Å². The second-order valence-corrected chi connectivity index (χ2v) is 10.2. The van der Waals surface area contributed by atoms with Crippen molar-refractivity contribution in [3.05, 3.63) is 71.4 Å². The zero-order valence-corrected chi connectivity index (χ0v) is 23.0. The molecule has 0 aliphatic carbocycles. The Morgan fingerprint density at radius 2 is 1.70 bits per heavy atom. The highest BCUT2D eigenvalue weighted by Gasteiger charge is 2.27. The normalized spacial score (nSPS) is 14.3. The third kappa shape index (κ3) is 6.52. The van der Waals surface area contributed by atoms with Crippen LogP contribution in [-0.4, -0.2) is 71.9 Å². The van der Waals surface area contributed by atoms with E-state index in [1.165, 1.54) is 0 Å². The number of hydrogen-bond donors (Lipinski definition) is 0. The maximum Gasteiger partial charge on any atom is 0.227 e. The summed E-state index contributed by atoms with van der Waals surface area (Å²) in [6.07, 6.45) is 0.368. The number of nitrogens with zero attached hydrogens (tertiary/aromatic N) is 5. The van der Waals surface area contributed by atoms with Gasteiger partial charge in [-0.25, -0.2) is 4.68 Å². The van der Waals surface area contributed by atoms with Crippen molar-refractivity contribution in [2.75, 3.05) is 51.3 Å². The van der Waals surface area contributed by atoms with Crippen molar-refractivity contribution in [1.29, 1.82) is 0 Å². The third-order valence-corrected chi connectivity index (χ3v) is 7.08. The summed E-state index contributed by atoms with van der Waals surface area (Å²) in [5, 5.41) is 5.00. The van der Waals surface area contributed by atoms with Gasteiger partial charge in [0.25, 0.3) is 0 Å². The Kier molecular flexibility index (Phi) is 8.87. The second-order valence-electron chi connectivity index (χ2n) is 10.2. The molecule has 1 amide bonds. The lowest BCUT2D eigenvalue weighted by atomic mass is 10.1. The van der Waals surface area contributed by atoms with Gasteiger partial charge in [-0.1, -0.05) is 51.1 Å². The number of rotatable bonds is 10. The molecule has 2 aromatic carbocycles. The van der Waals surface area contributed by atoms with Gasteiger partial charge in [-0.05, 0) is 49.2 Å². The van der Waals surface area contributed by atoms with Gasteiger partial charge in [0.15, 0.2) is 0 Å². The summed E-state index contributed by atoms with van der Waals surface area (Å²) in [4.78, 5) is 20.6. The van der Waals surface area contributed by atoms with Crippen LogP contribution in [0.15, 0.2) is 54.6 Å². The molecule has 4 rings (SSSR count). The summed E-state index contributed by atoms with van der Waals surface area (Å²) in [5.41, 5.74) is 4.15. The van der Waals surface area contributed by atoms with Crippen LogP contribution < -0.4 is 9.64 Å². The molecule has 0 unspecified atom stereocenters. The Morgan fingerprint density at radius 3 is 2.30 bits per heavy atom. The Balaban J connectivity index is 1.66. The van der Waals surface area contributed by atoms with Gasteiger partial charge in [0.05, 0.1) is 31.5 Å². The Morgan fingerprint density at radius 1 is 1.03 bits per heavy atom. The minimum absolute atomic E-state index is 0.132. The molecular formula is C30H41N5O2. The first-order valence-corrected chi connectivity index (χ1v) is 13.4. The van der Waals surface area contributed by atoms with E-state index in [1.807, 2.05) is 47.4 Å². The predicted octanol–water partition coefficient (Wildman–Crippen LogP) is 4.56. The van der Waals surface area contributed by atoms with Gasteiger partial charge in [-0.2, -0.15) is 5.10 Å². The Labute approximate surface area is 221 Å². The predicted molar refractivity (Wildman–Crippen MR) is 150 cm³/mol. The fourth-order valence-corrected chi connectivity index (χ4v) is 5.00. The van der Waals surface area contributed by atoms with Crippen LogP contribution in [0.5, 0.6) is 5.75 Å². The number of hydrogen-bond acceptors (Lipinski definition) is 5. The minimum Gasteiger partial charge on any atom is -0.497 e. The van der Waals surface area contributed by atoms with Crippen LogP contribution in [0.1, 0.15) is 37.6 Å². The zero-order valence-electron chi connectivity index (χ0n) is 23.0. The molecular weight excluding hydrogens is 462 g/mol. The van der Waals surface area contributed by atoms with Crippen LogP contribution in [0.25, 0.3) is 5.69 Å². The molecule has 0 N–H and O–H groups in total. The second kappa shape index (κ2) is 12.3. The SMILES string of the molecule is CCN1CCN(c2c(CN(CC(C)C)C(=O)Cc3ccc(OC)cc3)c(C)nn2-c2ccccc2)CC1. The lowest BCUT2D eigenvalue weighted by molar-refractivity contribution is -0.131. The van der Waals surface area contributed by atoms with Crippen molar-refractivity contribution in [3.63, 3.8) is 0 Å². The lowest BCUT2D eigenvalue weighted by Gasteiger charge is -2.36. The number of aryl methyl sites for hydroxylation is 1.